The van der Waals surface area contributed by atoms with E-state index in [0.717, 1.165) is 12.1 Å². The summed E-state index contributed by atoms with van der Waals surface area (Å²) in [6, 6.07) is 1.54. The van der Waals surface area contributed by atoms with Crippen LogP contribution in [-0.4, -0.2) is 34.1 Å². The molecule has 0 saturated heterocycles. The highest BCUT2D eigenvalue weighted by atomic mass is 19.2. The van der Waals surface area contributed by atoms with Crippen LogP contribution in [0.4, 0.5) is 8.78 Å². The number of carboxylic acids is 2. The molecular formula is C13H13F2NO5. The van der Waals surface area contributed by atoms with Crippen molar-refractivity contribution in [2.24, 2.45) is 0 Å². The van der Waals surface area contributed by atoms with Crippen LogP contribution in [0.25, 0.3) is 0 Å². The van der Waals surface area contributed by atoms with E-state index < -0.39 is 41.9 Å². The minimum absolute atomic E-state index is 0.175. The summed E-state index contributed by atoms with van der Waals surface area (Å²) in [7, 11) is 0. The molecule has 0 bridgehead atoms. The second-order valence-electron chi connectivity index (χ2n) is 4.32. The zero-order chi connectivity index (χ0) is 16.0. The predicted octanol–water partition coefficient (Wildman–Crippen LogP) is 0.942. The van der Waals surface area contributed by atoms with Crippen molar-refractivity contribution in [2.45, 2.75) is 25.3 Å². The maximum atomic E-state index is 13.0. The Bertz CT molecular complexity index is 561. The molecule has 8 heteroatoms. The Hall–Kier alpha value is -2.51. The molecule has 1 atom stereocenters. The molecule has 114 valence electrons. The zero-order valence-electron chi connectivity index (χ0n) is 10.8. The normalized spacial score (nSPS) is 11.7. The fraction of sp³-hybridized carbons (Fsp3) is 0.308. The van der Waals surface area contributed by atoms with Crippen molar-refractivity contribution in [3.05, 3.63) is 35.4 Å². The molecule has 0 heterocycles. The largest absolute Gasteiger partial charge is 0.481 e. The maximum absolute atomic E-state index is 13.0. The van der Waals surface area contributed by atoms with Gasteiger partial charge < -0.3 is 15.5 Å². The number of carbonyl (C=O) groups excluding carboxylic acids is 1. The molecule has 0 fully saturated rings. The molecule has 1 aromatic rings. The minimum Gasteiger partial charge on any atom is -0.481 e. The van der Waals surface area contributed by atoms with E-state index in [0.29, 0.717) is 0 Å². The summed E-state index contributed by atoms with van der Waals surface area (Å²) in [5, 5.41) is 19.5. The van der Waals surface area contributed by atoms with Gasteiger partial charge in [-0.3, -0.25) is 9.59 Å². The quantitative estimate of drug-likeness (QED) is 0.695. The summed E-state index contributed by atoms with van der Waals surface area (Å²) >= 11 is 0. The molecule has 21 heavy (non-hydrogen) atoms. The van der Waals surface area contributed by atoms with Crippen LogP contribution in [0.3, 0.4) is 0 Å². The van der Waals surface area contributed by atoms with Crippen LogP contribution in [0.15, 0.2) is 18.2 Å². The van der Waals surface area contributed by atoms with E-state index in [1.807, 2.05) is 0 Å². The number of halogens is 2. The van der Waals surface area contributed by atoms with Crippen molar-refractivity contribution in [2.75, 3.05) is 0 Å². The Morgan fingerprint density at radius 3 is 2.33 bits per heavy atom. The summed E-state index contributed by atoms with van der Waals surface area (Å²) in [5.41, 5.74) is 0.175. The summed E-state index contributed by atoms with van der Waals surface area (Å²) in [6.07, 6.45) is -1.02. The molecule has 0 spiro atoms. The third-order valence-electron chi connectivity index (χ3n) is 2.63. The first-order chi connectivity index (χ1) is 9.79. The van der Waals surface area contributed by atoms with E-state index in [-0.39, 0.29) is 18.4 Å². The Balaban J connectivity index is 2.62. The fourth-order valence-corrected chi connectivity index (χ4v) is 1.61. The van der Waals surface area contributed by atoms with Crippen molar-refractivity contribution in [3.8, 4) is 0 Å². The molecule has 6 nitrogen and oxygen atoms in total. The van der Waals surface area contributed by atoms with Crippen LogP contribution < -0.4 is 5.32 Å². The molecule has 0 aliphatic rings. The molecule has 1 aromatic carbocycles. The zero-order valence-corrected chi connectivity index (χ0v) is 10.8. The van der Waals surface area contributed by atoms with E-state index in [1.165, 1.54) is 6.07 Å². The lowest BCUT2D eigenvalue weighted by atomic mass is 10.1. The number of rotatable bonds is 7. The Morgan fingerprint density at radius 2 is 1.81 bits per heavy atom. The van der Waals surface area contributed by atoms with Gasteiger partial charge in [0.25, 0.3) is 0 Å². The average molecular weight is 301 g/mol. The van der Waals surface area contributed by atoms with Crippen molar-refractivity contribution in [1.82, 2.24) is 5.32 Å². The number of carboxylic acid groups (broad SMARTS) is 2. The Morgan fingerprint density at radius 1 is 1.14 bits per heavy atom. The lowest BCUT2D eigenvalue weighted by molar-refractivity contribution is -0.143. The van der Waals surface area contributed by atoms with Gasteiger partial charge in [-0.1, -0.05) is 6.07 Å². The summed E-state index contributed by atoms with van der Waals surface area (Å²) in [6.45, 7) is 0. The first-order valence-corrected chi connectivity index (χ1v) is 5.97. The van der Waals surface area contributed by atoms with Gasteiger partial charge in [0.15, 0.2) is 11.6 Å². The van der Waals surface area contributed by atoms with Gasteiger partial charge in [-0.2, -0.15) is 0 Å². The molecule has 0 saturated carbocycles. The molecule has 1 amide bonds. The number of hydrogen-bond acceptors (Lipinski definition) is 3. The first kappa shape index (κ1) is 16.5. The molecule has 0 aromatic heterocycles. The third-order valence-corrected chi connectivity index (χ3v) is 2.63. The van der Waals surface area contributed by atoms with E-state index in [9.17, 15) is 23.2 Å². The van der Waals surface area contributed by atoms with Crippen molar-refractivity contribution in [3.63, 3.8) is 0 Å². The number of aliphatic carboxylic acids is 2. The van der Waals surface area contributed by atoms with Crippen LogP contribution in [0, 0.1) is 11.6 Å². The highest BCUT2D eigenvalue weighted by Gasteiger charge is 2.21. The average Bonchev–Trinajstić information content (AvgIpc) is 2.38. The van der Waals surface area contributed by atoms with Gasteiger partial charge in [0.1, 0.15) is 6.04 Å². The number of hydrogen-bond donors (Lipinski definition) is 3. The highest BCUT2D eigenvalue weighted by molar-refractivity contribution is 5.85. The minimum atomic E-state index is -1.37. The van der Waals surface area contributed by atoms with Gasteiger partial charge in [0.05, 0.1) is 6.42 Å². The Labute approximate surface area is 118 Å². The fourth-order valence-electron chi connectivity index (χ4n) is 1.61. The molecule has 1 rings (SSSR count). The van der Waals surface area contributed by atoms with Crippen LogP contribution in [0.1, 0.15) is 18.4 Å². The molecular weight excluding hydrogens is 288 g/mol. The maximum Gasteiger partial charge on any atom is 0.326 e. The number of benzene rings is 1. The first-order valence-electron chi connectivity index (χ1n) is 5.97. The number of nitrogens with one attached hydrogen (secondary N) is 1. The monoisotopic (exact) mass is 301 g/mol. The molecule has 0 aliphatic carbocycles. The van der Waals surface area contributed by atoms with Crippen LogP contribution in [0.5, 0.6) is 0 Å². The van der Waals surface area contributed by atoms with Crippen molar-refractivity contribution < 1.29 is 33.4 Å². The molecule has 3 N–H and O–H groups in total. The van der Waals surface area contributed by atoms with Crippen LogP contribution >= 0.6 is 0 Å². The summed E-state index contributed by atoms with van der Waals surface area (Å²) < 4.78 is 25.7. The lowest BCUT2D eigenvalue weighted by Gasteiger charge is -2.13. The van der Waals surface area contributed by atoms with Gasteiger partial charge in [-0.25, -0.2) is 13.6 Å². The summed E-state index contributed by atoms with van der Waals surface area (Å²) in [4.78, 5) is 32.9. The van der Waals surface area contributed by atoms with E-state index in [2.05, 4.69) is 5.32 Å². The van der Waals surface area contributed by atoms with Crippen molar-refractivity contribution in [1.29, 1.82) is 0 Å². The standard InChI is InChI=1S/C13H13F2NO5/c14-8-2-1-7(5-9(8)15)6-11(17)16-10(13(20)21)3-4-12(18)19/h1-2,5,10H,3-4,6H2,(H,16,17)(H,18,19)(H,20,21)/t10-/m1/s1. The summed E-state index contributed by atoms with van der Waals surface area (Å²) in [5.74, 6) is -5.44. The number of carbonyl (C=O) groups is 3. The van der Waals surface area contributed by atoms with Gasteiger partial charge in [-0.05, 0) is 24.1 Å². The van der Waals surface area contributed by atoms with Crippen LogP contribution in [0.2, 0.25) is 0 Å². The predicted molar refractivity (Wildman–Crippen MR) is 66.5 cm³/mol. The molecule has 0 unspecified atom stereocenters. The van der Waals surface area contributed by atoms with Gasteiger partial charge in [0.2, 0.25) is 5.91 Å². The highest BCUT2D eigenvalue weighted by Crippen LogP contribution is 2.09. The van der Waals surface area contributed by atoms with Crippen molar-refractivity contribution >= 4 is 17.8 Å². The Kier molecular flexibility index (Phi) is 5.77. The molecule has 0 radical (unpaired) electrons. The second kappa shape index (κ2) is 7.32. The third kappa shape index (κ3) is 5.55. The van der Waals surface area contributed by atoms with Gasteiger partial charge in [0, 0.05) is 6.42 Å². The van der Waals surface area contributed by atoms with Gasteiger partial charge in [-0.15, -0.1) is 0 Å². The SMILES string of the molecule is O=C(O)CC[C@@H](NC(=O)Cc1ccc(F)c(F)c1)C(=O)O. The smallest absolute Gasteiger partial charge is 0.326 e. The van der Waals surface area contributed by atoms with E-state index >= 15 is 0 Å². The second-order valence-corrected chi connectivity index (χ2v) is 4.32. The van der Waals surface area contributed by atoms with E-state index in [1.54, 1.807) is 0 Å². The lowest BCUT2D eigenvalue weighted by Crippen LogP contribution is -2.41. The van der Waals surface area contributed by atoms with E-state index in [4.69, 9.17) is 10.2 Å². The molecule has 0 aliphatic heterocycles. The van der Waals surface area contributed by atoms with Crippen LogP contribution in [-0.2, 0) is 20.8 Å². The van der Waals surface area contributed by atoms with Gasteiger partial charge >= 0.3 is 11.9 Å². The number of amides is 1. The topological polar surface area (TPSA) is 104 Å².